The predicted molar refractivity (Wildman–Crippen MR) is 96.3 cm³/mol. The van der Waals surface area contributed by atoms with Crippen molar-refractivity contribution >= 4 is 11.6 Å². The smallest absolute Gasteiger partial charge is 0.282 e. The number of carbonyl (C=O) groups excluding carboxylic acids is 1. The monoisotopic (exact) mass is 371 g/mol. The van der Waals surface area contributed by atoms with Gasteiger partial charge in [-0.3, -0.25) is 9.20 Å². The number of amides is 1. The van der Waals surface area contributed by atoms with Gasteiger partial charge in [0.2, 0.25) is 0 Å². The van der Waals surface area contributed by atoms with Crippen LogP contribution in [0, 0.1) is 0 Å². The molecule has 1 aromatic carbocycles. The van der Waals surface area contributed by atoms with Crippen LogP contribution in [0.1, 0.15) is 34.6 Å². The maximum atomic E-state index is 13.5. The second kappa shape index (κ2) is 6.98. The number of rotatable bonds is 5. The Bertz CT molecular complexity index is 969. The Balaban J connectivity index is 1.59. The van der Waals surface area contributed by atoms with Crippen LogP contribution in [-0.4, -0.2) is 39.9 Å². The van der Waals surface area contributed by atoms with Crippen molar-refractivity contribution in [1.29, 1.82) is 0 Å². The van der Waals surface area contributed by atoms with Gasteiger partial charge in [-0.2, -0.15) is 0 Å². The van der Waals surface area contributed by atoms with E-state index in [2.05, 4.69) is 4.98 Å². The lowest BCUT2D eigenvalue weighted by atomic mass is 9.94. The van der Waals surface area contributed by atoms with Crippen molar-refractivity contribution in [3.8, 4) is 5.75 Å². The summed E-state index contributed by atoms with van der Waals surface area (Å²) in [5.41, 5.74) is 0.926. The van der Waals surface area contributed by atoms with Gasteiger partial charge in [0.25, 0.3) is 12.3 Å². The molecule has 1 fully saturated rings. The minimum atomic E-state index is -2.80. The van der Waals surface area contributed by atoms with E-state index >= 15 is 0 Å². The fraction of sp³-hybridized carbons (Fsp3) is 0.300. The molecule has 1 saturated heterocycles. The highest BCUT2D eigenvalue weighted by molar-refractivity contribution is 5.95. The zero-order valence-corrected chi connectivity index (χ0v) is 14.8. The Kier molecular flexibility index (Phi) is 4.51. The van der Waals surface area contributed by atoms with E-state index in [0.717, 1.165) is 17.7 Å². The van der Waals surface area contributed by atoms with E-state index in [1.54, 1.807) is 36.4 Å². The second-order valence-corrected chi connectivity index (χ2v) is 6.57. The zero-order chi connectivity index (χ0) is 19.0. The van der Waals surface area contributed by atoms with Crippen LogP contribution < -0.4 is 4.74 Å². The number of aromatic nitrogens is 2. The van der Waals surface area contributed by atoms with Crippen molar-refractivity contribution in [2.75, 3.05) is 13.7 Å². The Labute approximate surface area is 155 Å². The SMILES string of the molecule is COc1ccc(CC2CCN2C(=O)c2c(C(F)F)nc3ccccn23)cc1. The topological polar surface area (TPSA) is 46.8 Å². The number of likely N-dealkylation sites (tertiary alicyclic amines) is 1. The molecular formula is C20H19F2N3O2. The van der Waals surface area contributed by atoms with Gasteiger partial charge in [-0.25, -0.2) is 13.8 Å². The van der Waals surface area contributed by atoms with E-state index in [0.29, 0.717) is 18.6 Å². The van der Waals surface area contributed by atoms with Crippen molar-refractivity contribution in [2.24, 2.45) is 0 Å². The van der Waals surface area contributed by atoms with Gasteiger partial charge in [-0.1, -0.05) is 18.2 Å². The maximum absolute atomic E-state index is 13.5. The fourth-order valence-corrected chi connectivity index (χ4v) is 3.47. The molecule has 0 radical (unpaired) electrons. The summed E-state index contributed by atoms with van der Waals surface area (Å²) >= 11 is 0. The quantitative estimate of drug-likeness (QED) is 0.686. The molecule has 4 rings (SSSR count). The van der Waals surface area contributed by atoms with Crippen LogP contribution in [-0.2, 0) is 6.42 Å². The zero-order valence-electron chi connectivity index (χ0n) is 14.8. The van der Waals surface area contributed by atoms with Gasteiger partial charge in [-0.05, 0) is 42.7 Å². The summed E-state index contributed by atoms with van der Waals surface area (Å²) < 4.78 is 33.5. The minimum Gasteiger partial charge on any atom is -0.497 e. The van der Waals surface area contributed by atoms with Crippen molar-refractivity contribution in [1.82, 2.24) is 14.3 Å². The third kappa shape index (κ3) is 3.13. The van der Waals surface area contributed by atoms with Crippen LogP contribution in [0.2, 0.25) is 0 Å². The summed E-state index contributed by atoms with van der Waals surface area (Å²) in [7, 11) is 1.61. The Morgan fingerprint density at radius 2 is 2.04 bits per heavy atom. The molecule has 3 aromatic rings. The van der Waals surface area contributed by atoms with Gasteiger partial charge in [0.1, 0.15) is 22.8 Å². The summed E-state index contributed by atoms with van der Waals surface area (Å²) in [5.74, 6) is 0.376. The number of hydrogen-bond acceptors (Lipinski definition) is 3. The number of imidazole rings is 1. The fourth-order valence-electron chi connectivity index (χ4n) is 3.47. The van der Waals surface area contributed by atoms with E-state index in [1.807, 2.05) is 24.3 Å². The van der Waals surface area contributed by atoms with Gasteiger partial charge in [0.15, 0.2) is 0 Å². The normalized spacial score (nSPS) is 16.6. The molecule has 0 N–H and O–H groups in total. The Morgan fingerprint density at radius 3 is 2.67 bits per heavy atom. The van der Waals surface area contributed by atoms with Crippen LogP contribution in [0.5, 0.6) is 5.75 Å². The molecule has 0 aliphatic carbocycles. The molecule has 2 aromatic heterocycles. The number of pyridine rings is 1. The van der Waals surface area contributed by atoms with Crippen molar-refractivity contribution in [3.05, 3.63) is 65.6 Å². The number of halogens is 2. The van der Waals surface area contributed by atoms with Gasteiger partial charge in [-0.15, -0.1) is 0 Å². The molecule has 0 bridgehead atoms. The number of benzene rings is 1. The van der Waals surface area contributed by atoms with Crippen LogP contribution in [0.15, 0.2) is 48.7 Å². The minimum absolute atomic E-state index is 0.00863. The van der Waals surface area contributed by atoms with Crippen LogP contribution in [0.4, 0.5) is 8.78 Å². The molecule has 1 aliphatic heterocycles. The second-order valence-electron chi connectivity index (χ2n) is 6.57. The third-order valence-corrected chi connectivity index (χ3v) is 5.00. The molecule has 1 unspecified atom stereocenters. The highest BCUT2D eigenvalue weighted by atomic mass is 19.3. The molecule has 3 heterocycles. The average molecular weight is 371 g/mol. The number of alkyl halides is 2. The maximum Gasteiger partial charge on any atom is 0.282 e. The first-order chi connectivity index (χ1) is 13.1. The van der Waals surface area contributed by atoms with Gasteiger partial charge in [0.05, 0.1) is 7.11 Å². The summed E-state index contributed by atoms with van der Waals surface area (Å²) in [5, 5.41) is 0. The molecule has 7 heteroatoms. The molecule has 27 heavy (non-hydrogen) atoms. The number of nitrogens with zero attached hydrogens (tertiary/aromatic N) is 3. The first kappa shape index (κ1) is 17.5. The largest absolute Gasteiger partial charge is 0.497 e. The van der Waals surface area contributed by atoms with Gasteiger partial charge >= 0.3 is 0 Å². The average Bonchev–Trinajstić information content (AvgIpc) is 3.05. The molecule has 5 nitrogen and oxygen atoms in total. The van der Waals surface area contributed by atoms with E-state index in [4.69, 9.17) is 4.74 Å². The van der Waals surface area contributed by atoms with Gasteiger partial charge in [0, 0.05) is 18.8 Å². The molecular weight excluding hydrogens is 352 g/mol. The first-order valence-corrected chi connectivity index (χ1v) is 8.77. The first-order valence-electron chi connectivity index (χ1n) is 8.77. The Hall–Kier alpha value is -2.96. The summed E-state index contributed by atoms with van der Waals surface area (Å²) in [6.07, 6.45) is 0.319. The highest BCUT2D eigenvalue weighted by Gasteiger charge is 2.36. The van der Waals surface area contributed by atoms with Crippen LogP contribution in [0.3, 0.4) is 0 Å². The lowest BCUT2D eigenvalue weighted by Gasteiger charge is -2.41. The molecule has 0 saturated carbocycles. The van der Waals surface area contributed by atoms with Crippen LogP contribution >= 0.6 is 0 Å². The summed E-state index contributed by atoms with van der Waals surface area (Å²) in [6.45, 7) is 0.558. The standard InChI is InChI=1S/C20H19F2N3O2/c1-27-15-7-5-13(6-8-15)12-14-9-11-24(14)20(26)18-17(19(21)22)23-16-4-2-3-10-25(16)18/h2-8,10,14,19H,9,11-12H2,1H3. The lowest BCUT2D eigenvalue weighted by molar-refractivity contribution is 0.0447. The third-order valence-electron chi connectivity index (χ3n) is 5.00. The van der Waals surface area contributed by atoms with E-state index in [1.165, 1.54) is 4.40 Å². The summed E-state index contributed by atoms with van der Waals surface area (Å²) in [4.78, 5) is 18.7. The van der Waals surface area contributed by atoms with E-state index in [9.17, 15) is 13.6 Å². The Morgan fingerprint density at radius 1 is 1.26 bits per heavy atom. The molecule has 140 valence electrons. The molecule has 0 spiro atoms. The van der Waals surface area contributed by atoms with Crippen molar-refractivity contribution < 1.29 is 18.3 Å². The number of carbonyl (C=O) groups is 1. The summed E-state index contributed by atoms with van der Waals surface area (Å²) in [6, 6.07) is 12.7. The van der Waals surface area contributed by atoms with E-state index < -0.39 is 18.0 Å². The predicted octanol–water partition coefficient (Wildman–Crippen LogP) is 3.74. The highest BCUT2D eigenvalue weighted by Crippen LogP contribution is 2.29. The molecule has 1 atom stereocenters. The number of hydrogen-bond donors (Lipinski definition) is 0. The molecule has 1 aliphatic rings. The number of ether oxygens (including phenoxy) is 1. The van der Waals surface area contributed by atoms with Crippen molar-refractivity contribution in [2.45, 2.75) is 25.3 Å². The lowest BCUT2D eigenvalue weighted by Crippen LogP contribution is -2.52. The molecule has 1 amide bonds. The van der Waals surface area contributed by atoms with Gasteiger partial charge < -0.3 is 9.64 Å². The number of fused-ring (bicyclic) bond motifs is 1. The van der Waals surface area contributed by atoms with Crippen molar-refractivity contribution in [3.63, 3.8) is 0 Å². The number of methoxy groups -OCH3 is 1. The van der Waals surface area contributed by atoms with Crippen LogP contribution in [0.25, 0.3) is 5.65 Å². The van der Waals surface area contributed by atoms with E-state index in [-0.39, 0.29) is 11.7 Å².